The van der Waals surface area contributed by atoms with Gasteiger partial charge in [0, 0.05) is 11.6 Å². The predicted octanol–water partition coefficient (Wildman–Crippen LogP) is 4.96. The minimum atomic E-state index is 1.10. The summed E-state index contributed by atoms with van der Waals surface area (Å²) in [5.74, 6) is 0. The summed E-state index contributed by atoms with van der Waals surface area (Å²) in [6.07, 6.45) is 0. The first-order valence-corrected chi connectivity index (χ1v) is 7.00. The molecule has 0 spiro atoms. The molecule has 0 N–H and O–H groups in total. The van der Waals surface area contributed by atoms with E-state index in [9.17, 15) is 0 Å². The van der Waals surface area contributed by atoms with Crippen LogP contribution in [0, 0.1) is 27.7 Å². The molecule has 3 rings (SSSR count). The molecule has 0 saturated heterocycles. The monoisotopic (exact) mass is 254 g/mol. The fourth-order valence-electron chi connectivity index (χ4n) is 2.38. The topological polar surface area (TPSA) is 12.9 Å². The standard InChI is InChI=1S/C16H16NS/c1-9-10(2)12(4)16-15(11(9)3)17-13-7-5-6-8-14(13)18-16/h5-8H,1-4H3/q+1. The number of nitrogens with zero attached hydrogens (tertiary/aromatic N) is 1. The molecule has 0 bridgehead atoms. The Morgan fingerprint density at radius 2 is 1.50 bits per heavy atom. The van der Waals surface area contributed by atoms with Crippen LogP contribution < -0.4 is 0 Å². The molecule has 0 unspecified atom stereocenters. The van der Waals surface area contributed by atoms with Gasteiger partial charge < -0.3 is 0 Å². The van der Waals surface area contributed by atoms with Crippen LogP contribution in [0.5, 0.6) is 0 Å². The van der Waals surface area contributed by atoms with E-state index < -0.39 is 0 Å². The summed E-state index contributed by atoms with van der Waals surface area (Å²) in [5, 5.41) is 0. The third-order valence-electron chi connectivity index (χ3n) is 3.91. The molecule has 0 aliphatic carbocycles. The van der Waals surface area contributed by atoms with Gasteiger partial charge in [0.15, 0.2) is 0 Å². The van der Waals surface area contributed by atoms with Gasteiger partial charge in [0.25, 0.3) is 9.40 Å². The molecule has 0 radical (unpaired) electrons. The van der Waals surface area contributed by atoms with Crippen LogP contribution in [0.15, 0.2) is 24.3 Å². The van der Waals surface area contributed by atoms with Crippen molar-refractivity contribution in [1.29, 1.82) is 0 Å². The Morgan fingerprint density at radius 3 is 2.28 bits per heavy atom. The summed E-state index contributed by atoms with van der Waals surface area (Å²) in [5.41, 5.74) is 7.72. The highest BCUT2D eigenvalue weighted by molar-refractivity contribution is 7.24. The highest BCUT2D eigenvalue weighted by Crippen LogP contribution is 2.33. The highest BCUT2D eigenvalue weighted by atomic mass is 32.1. The van der Waals surface area contributed by atoms with E-state index in [0.717, 1.165) is 5.52 Å². The van der Waals surface area contributed by atoms with Crippen molar-refractivity contribution in [3.05, 3.63) is 46.5 Å². The number of hydrogen-bond donors (Lipinski definition) is 0. The summed E-state index contributed by atoms with van der Waals surface area (Å²) in [6.45, 7) is 8.79. The molecular formula is C16H16NS+. The molecule has 0 aliphatic heterocycles. The van der Waals surface area contributed by atoms with E-state index in [2.05, 4.69) is 52.0 Å². The number of aromatic nitrogens is 1. The van der Waals surface area contributed by atoms with Crippen LogP contribution in [0.2, 0.25) is 0 Å². The molecule has 0 aliphatic rings. The van der Waals surface area contributed by atoms with Crippen LogP contribution in [0.1, 0.15) is 22.3 Å². The summed E-state index contributed by atoms with van der Waals surface area (Å²) < 4.78 is 2.59. The Kier molecular flexibility index (Phi) is 2.56. The van der Waals surface area contributed by atoms with Gasteiger partial charge in [0.05, 0.1) is 0 Å². The van der Waals surface area contributed by atoms with E-state index in [4.69, 9.17) is 4.98 Å². The van der Waals surface area contributed by atoms with Gasteiger partial charge in [-0.05, 0) is 50.5 Å². The molecule has 0 saturated carbocycles. The molecule has 1 nitrogen and oxygen atoms in total. The van der Waals surface area contributed by atoms with Gasteiger partial charge in [-0.3, -0.25) is 0 Å². The van der Waals surface area contributed by atoms with Crippen molar-refractivity contribution in [2.24, 2.45) is 0 Å². The third kappa shape index (κ3) is 1.52. The number of para-hydroxylation sites is 1. The molecular weight excluding hydrogens is 238 g/mol. The molecule has 1 aromatic heterocycles. The summed E-state index contributed by atoms with van der Waals surface area (Å²) in [6, 6.07) is 8.37. The van der Waals surface area contributed by atoms with Crippen LogP contribution in [-0.4, -0.2) is 4.98 Å². The number of hydrogen-bond acceptors (Lipinski definition) is 1. The predicted molar refractivity (Wildman–Crippen MR) is 80.5 cm³/mol. The zero-order chi connectivity index (χ0) is 12.9. The average Bonchev–Trinajstić information content (AvgIpc) is 2.41. The molecule has 2 heteroatoms. The van der Waals surface area contributed by atoms with Crippen LogP contribution in [0.4, 0.5) is 0 Å². The number of aryl methyl sites for hydroxylation is 2. The zero-order valence-corrected chi connectivity index (χ0v) is 12.0. The van der Waals surface area contributed by atoms with Gasteiger partial charge in [-0.2, -0.15) is 0 Å². The Hall–Kier alpha value is -1.54. The third-order valence-corrected chi connectivity index (χ3v) is 5.18. The molecule has 0 amide bonds. The number of fused-ring (bicyclic) bond motifs is 2. The van der Waals surface area contributed by atoms with E-state index in [1.54, 1.807) is 0 Å². The van der Waals surface area contributed by atoms with E-state index in [-0.39, 0.29) is 0 Å². The van der Waals surface area contributed by atoms with Crippen LogP contribution in [-0.2, 0) is 0 Å². The second-order valence-electron chi connectivity index (χ2n) is 4.86. The highest BCUT2D eigenvalue weighted by Gasteiger charge is 2.19. The Labute approximate surface area is 111 Å². The quantitative estimate of drug-likeness (QED) is 0.408. The first kappa shape index (κ1) is 11.5. The Bertz CT molecular complexity index is 709. The normalized spacial score (nSPS) is 11.3. The second-order valence-corrected chi connectivity index (χ2v) is 5.91. The van der Waals surface area contributed by atoms with Gasteiger partial charge in [0.2, 0.25) is 11.3 Å². The Morgan fingerprint density at radius 1 is 0.833 bits per heavy atom. The van der Waals surface area contributed by atoms with Gasteiger partial charge in [0.1, 0.15) is 11.0 Å². The minimum Gasteiger partial charge on any atom is -0.237 e. The first-order valence-electron chi connectivity index (χ1n) is 6.18. The molecule has 3 aromatic rings. The lowest BCUT2D eigenvalue weighted by Gasteiger charge is -2.08. The molecule has 0 atom stereocenters. The van der Waals surface area contributed by atoms with Crippen molar-refractivity contribution in [1.82, 2.24) is 4.98 Å². The van der Waals surface area contributed by atoms with Crippen LogP contribution >= 0.6 is 11.3 Å². The number of benzene rings is 2. The second kappa shape index (κ2) is 3.99. The largest absolute Gasteiger partial charge is 0.260 e. The summed E-state index contributed by atoms with van der Waals surface area (Å²) in [7, 11) is 0. The molecule has 18 heavy (non-hydrogen) atoms. The average molecular weight is 254 g/mol. The van der Waals surface area contributed by atoms with Crippen molar-refractivity contribution in [3.8, 4) is 0 Å². The fraction of sp³-hybridized carbons (Fsp3) is 0.250. The van der Waals surface area contributed by atoms with E-state index in [1.165, 1.54) is 37.2 Å². The SMILES string of the molecule is Cc1c(C)c(C)c2[s+]c3ccccc3nc2c1C. The maximum atomic E-state index is 4.85. The first-order chi connectivity index (χ1) is 8.59. The smallest absolute Gasteiger partial charge is 0.237 e. The van der Waals surface area contributed by atoms with Crippen molar-refractivity contribution >= 4 is 31.8 Å². The lowest BCUT2D eigenvalue weighted by atomic mass is 9.98. The van der Waals surface area contributed by atoms with Crippen molar-refractivity contribution in [2.75, 3.05) is 0 Å². The molecule has 0 fully saturated rings. The van der Waals surface area contributed by atoms with Crippen molar-refractivity contribution in [3.63, 3.8) is 0 Å². The van der Waals surface area contributed by atoms with Gasteiger partial charge in [-0.15, -0.1) is 0 Å². The minimum absolute atomic E-state index is 1.10. The molecule has 1 heterocycles. The van der Waals surface area contributed by atoms with Gasteiger partial charge in [-0.25, -0.2) is 4.98 Å². The Balaban J connectivity index is 2.58. The zero-order valence-electron chi connectivity index (χ0n) is 11.2. The van der Waals surface area contributed by atoms with Crippen LogP contribution in [0.3, 0.4) is 0 Å². The summed E-state index contributed by atoms with van der Waals surface area (Å²) in [4.78, 5) is 4.85. The molecule has 90 valence electrons. The maximum absolute atomic E-state index is 4.85. The summed E-state index contributed by atoms with van der Waals surface area (Å²) >= 11 is 1.85. The van der Waals surface area contributed by atoms with Gasteiger partial charge >= 0.3 is 0 Å². The molecule has 2 aromatic carbocycles. The fourth-order valence-corrected chi connectivity index (χ4v) is 3.57. The lowest BCUT2D eigenvalue weighted by Crippen LogP contribution is -1.95. The van der Waals surface area contributed by atoms with Gasteiger partial charge in [-0.1, -0.05) is 12.1 Å². The van der Waals surface area contributed by atoms with Crippen LogP contribution in [0.25, 0.3) is 20.4 Å². The lowest BCUT2D eigenvalue weighted by molar-refractivity contribution is 1.24. The maximum Gasteiger partial charge on any atom is 0.260 e. The number of rotatable bonds is 0. The van der Waals surface area contributed by atoms with E-state index >= 15 is 0 Å². The van der Waals surface area contributed by atoms with E-state index in [1.807, 2.05) is 11.3 Å². The van der Waals surface area contributed by atoms with Crippen molar-refractivity contribution < 1.29 is 0 Å². The van der Waals surface area contributed by atoms with Crippen molar-refractivity contribution in [2.45, 2.75) is 27.7 Å². The van der Waals surface area contributed by atoms with E-state index in [0.29, 0.717) is 0 Å².